The van der Waals surface area contributed by atoms with Gasteiger partial charge in [0, 0.05) is 11.6 Å². The highest BCUT2D eigenvalue weighted by molar-refractivity contribution is 5.19. The van der Waals surface area contributed by atoms with Crippen LogP contribution in [0.25, 0.3) is 0 Å². The molecule has 1 N–H and O–H groups in total. The number of aryl methyl sites for hydroxylation is 1. The molecule has 0 amide bonds. The Kier molecular flexibility index (Phi) is 2.99. The molecule has 2 nitrogen and oxygen atoms in total. The molecule has 3 rings (SSSR count). The first kappa shape index (κ1) is 11.3. The highest BCUT2D eigenvalue weighted by atomic mass is 16.3. The molecular formula is C15H23NO. The maximum atomic E-state index is 5.49. The molecule has 94 valence electrons. The van der Waals surface area contributed by atoms with E-state index in [0.717, 1.165) is 30.1 Å². The third-order valence-electron chi connectivity index (χ3n) is 4.75. The topological polar surface area (TPSA) is 25.2 Å². The van der Waals surface area contributed by atoms with Gasteiger partial charge in [-0.3, -0.25) is 0 Å². The Bertz CT molecular complexity index is 384. The van der Waals surface area contributed by atoms with Gasteiger partial charge < -0.3 is 9.73 Å². The monoisotopic (exact) mass is 233 g/mol. The van der Waals surface area contributed by atoms with Gasteiger partial charge in [-0.2, -0.15) is 0 Å². The lowest BCUT2D eigenvalue weighted by molar-refractivity contribution is 0.252. The molecule has 2 saturated carbocycles. The van der Waals surface area contributed by atoms with Crippen LogP contribution < -0.4 is 5.32 Å². The highest BCUT2D eigenvalue weighted by Gasteiger charge is 2.43. The Labute approximate surface area is 104 Å². The van der Waals surface area contributed by atoms with Crippen molar-refractivity contribution in [3.05, 3.63) is 23.7 Å². The molecule has 2 heteroatoms. The predicted molar refractivity (Wildman–Crippen MR) is 68.8 cm³/mol. The molecule has 0 radical (unpaired) electrons. The van der Waals surface area contributed by atoms with Crippen LogP contribution in [-0.4, -0.2) is 6.54 Å². The normalized spacial score (nSPS) is 33.2. The summed E-state index contributed by atoms with van der Waals surface area (Å²) in [7, 11) is 0. The number of fused-ring (bicyclic) bond motifs is 2. The SMILES string of the molecule is CCNC(c1coc(C)c1)C1CC2CCC1C2. The van der Waals surface area contributed by atoms with Gasteiger partial charge in [-0.15, -0.1) is 0 Å². The Morgan fingerprint density at radius 1 is 1.41 bits per heavy atom. The molecule has 1 aromatic heterocycles. The van der Waals surface area contributed by atoms with Crippen molar-refractivity contribution in [2.24, 2.45) is 17.8 Å². The molecule has 0 spiro atoms. The van der Waals surface area contributed by atoms with Crippen LogP contribution in [0.4, 0.5) is 0 Å². The molecule has 0 aromatic carbocycles. The number of hydrogen-bond donors (Lipinski definition) is 1. The standard InChI is InChI=1S/C15H23NO/c1-3-16-15(13-6-10(2)17-9-13)14-8-11-4-5-12(14)7-11/h6,9,11-12,14-16H,3-5,7-8H2,1-2H3. The molecule has 0 aliphatic heterocycles. The summed E-state index contributed by atoms with van der Waals surface area (Å²) in [5.41, 5.74) is 1.36. The molecule has 2 aliphatic rings. The minimum atomic E-state index is 0.521. The van der Waals surface area contributed by atoms with Crippen molar-refractivity contribution in [3.63, 3.8) is 0 Å². The van der Waals surface area contributed by atoms with Crippen molar-refractivity contribution >= 4 is 0 Å². The van der Waals surface area contributed by atoms with Gasteiger partial charge in [-0.25, -0.2) is 0 Å². The maximum Gasteiger partial charge on any atom is 0.101 e. The Balaban J connectivity index is 1.80. The van der Waals surface area contributed by atoms with Crippen LogP contribution in [0.15, 0.2) is 16.7 Å². The quantitative estimate of drug-likeness (QED) is 0.858. The minimum absolute atomic E-state index is 0.521. The van der Waals surface area contributed by atoms with Crippen LogP contribution in [0.3, 0.4) is 0 Å². The zero-order valence-electron chi connectivity index (χ0n) is 10.9. The van der Waals surface area contributed by atoms with Gasteiger partial charge >= 0.3 is 0 Å². The number of nitrogens with one attached hydrogen (secondary N) is 1. The summed E-state index contributed by atoms with van der Waals surface area (Å²) in [5.74, 6) is 3.84. The van der Waals surface area contributed by atoms with Gasteiger partial charge in [0.25, 0.3) is 0 Å². The number of hydrogen-bond acceptors (Lipinski definition) is 2. The predicted octanol–water partition coefficient (Wildman–Crippen LogP) is 3.67. The van der Waals surface area contributed by atoms with E-state index in [1.807, 2.05) is 13.2 Å². The fraction of sp³-hybridized carbons (Fsp3) is 0.733. The van der Waals surface area contributed by atoms with Gasteiger partial charge in [0.15, 0.2) is 0 Å². The van der Waals surface area contributed by atoms with Gasteiger partial charge in [0.2, 0.25) is 0 Å². The van der Waals surface area contributed by atoms with Crippen LogP contribution in [-0.2, 0) is 0 Å². The fourth-order valence-electron chi connectivity index (χ4n) is 4.07. The summed E-state index contributed by atoms with van der Waals surface area (Å²) in [6, 6.07) is 2.73. The van der Waals surface area contributed by atoms with Crippen molar-refractivity contribution in [1.29, 1.82) is 0 Å². The molecule has 2 aliphatic carbocycles. The first-order valence-corrected chi connectivity index (χ1v) is 7.06. The maximum absolute atomic E-state index is 5.49. The number of furan rings is 1. The molecule has 2 fully saturated rings. The summed E-state index contributed by atoms with van der Waals surface area (Å²) in [5, 5.41) is 3.68. The third kappa shape index (κ3) is 2.03. The van der Waals surface area contributed by atoms with E-state index >= 15 is 0 Å². The van der Waals surface area contributed by atoms with Crippen LogP contribution in [0, 0.1) is 24.7 Å². The van der Waals surface area contributed by atoms with Gasteiger partial charge in [-0.1, -0.05) is 13.3 Å². The molecular weight excluding hydrogens is 210 g/mol. The molecule has 17 heavy (non-hydrogen) atoms. The van der Waals surface area contributed by atoms with E-state index in [4.69, 9.17) is 4.42 Å². The van der Waals surface area contributed by atoms with Gasteiger partial charge in [0.05, 0.1) is 6.26 Å². The van der Waals surface area contributed by atoms with E-state index in [-0.39, 0.29) is 0 Å². The summed E-state index contributed by atoms with van der Waals surface area (Å²) >= 11 is 0. The highest BCUT2D eigenvalue weighted by Crippen LogP contribution is 2.52. The van der Waals surface area contributed by atoms with Gasteiger partial charge in [-0.05, 0) is 56.6 Å². The van der Waals surface area contributed by atoms with Gasteiger partial charge in [0.1, 0.15) is 5.76 Å². The zero-order valence-corrected chi connectivity index (χ0v) is 10.9. The second-order valence-corrected chi connectivity index (χ2v) is 5.86. The molecule has 0 saturated heterocycles. The summed E-state index contributed by atoms with van der Waals surface area (Å²) in [6.07, 6.45) is 7.78. The van der Waals surface area contributed by atoms with Crippen LogP contribution in [0.1, 0.15) is 50.0 Å². The smallest absolute Gasteiger partial charge is 0.101 e. The Hall–Kier alpha value is -0.760. The lowest BCUT2D eigenvalue weighted by Gasteiger charge is -2.30. The second kappa shape index (κ2) is 4.49. The minimum Gasteiger partial charge on any atom is -0.469 e. The van der Waals surface area contributed by atoms with Crippen molar-refractivity contribution in [2.75, 3.05) is 6.54 Å². The molecule has 4 unspecified atom stereocenters. The summed E-state index contributed by atoms with van der Waals surface area (Å²) < 4.78 is 5.49. The third-order valence-corrected chi connectivity index (χ3v) is 4.75. The van der Waals surface area contributed by atoms with E-state index < -0.39 is 0 Å². The number of rotatable bonds is 4. The van der Waals surface area contributed by atoms with E-state index in [1.165, 1.54) is 31.2 Å². The average molecular weight is 233 g/mol. The van der Waals surface area contributed by atoms with E-state index in [1.54, 1.807) is 0 Å². The first-order valence-electron chi connectivity index (χ1n) is 7.06. The lowest BCUT2D eigenvalue weighted by atomic mass is 9.81. The molecule has 4 atom stereocenters. The van der Waals surface area contributed by atoms with E-state index in [2.05, 4.69) is 18.3 Å². The molecule has 1 aromatic rings. The van der Waals surface area contributed by atoms with Crippen molar-refractivity contribution in [3.8, 4) is 0 Å². The van der Waals surface area contributed by atoms with Crippen molar-refractivity contribution in [1.82, 2.24) is 5.32 Å². The van der Waals surface area contributed by atoms with Crippen molar-refractivity contribution in [2.45, 2.75) is 45.6 Å². The lowest BCUT2D eigenvalue weighted by Crippen LogP contribution is -2.31. The summed E-state index contributed by atoms with van der Waals surface area (Å²) in [4.78, 5) is 0. The summed E-state index contributed by atoms with van der Waals surface area (Å²) in [6.45, 7) is 5.28. The first-order chi connectivity index (χ1) is 8.28. The van der Waals surface area contributed by atoms with Crippen LogP contribution >= 0.6 is 0 Å². The van der Waals surface area contributed by atoms with Crippen LogP contribution in [0.2, 0.25) is 0 Å². The fourth-order valence-corrected chi connectivity index (χ4v) is 4.07. The van der Waals surface area contributed by atoms with E-state index in [0.29, 0.717) is 6.04 Å². The zero-order chi connectivity index (χ0) is 11.8. The average Bonchev–Trinajstić information content (AvgIpc) is 3.01. The largest absolute Gasteiger partial charge is 0.469 e. The molecule has 1 heterocycles. The Morgan fingerprint density at radius 3 is 2.82 bits per heavy atom. The van der Waals surface area contributed by atoms with E-state index in [9.17, 15) is 0 Å². The van der Waals surface area contributed by atoms with Crippen LogP contribution in [0.5, 0.6) is 0 Å². The van der Waals surface area contributed by atoms with Crippen molar-refractivity contribution < 1.29 is 4.42 Å². The Morgan fingerprint density at radius 2 is 2.29 bits per heavy atom. The second-order valence-electron chi connectivity index (χ2n) is 5.86. The molecule has 2 bridgehead atoms.